The zero-order valence-electron chi connectivity index (χ0n) is 10.6. The van der Waals surface area contributed by atoms with Gasteiger partial charge in [0.05, 0.1) is 0 Å². The lowest BCUT2D eigenvalue weighted by molar-refractivity contribution is -0.122. The van der Waals surface area contributed by atoms with E-state index in [-0.39, 0.29) is 18.1 Å². The molecule has 0 bridgehead atoms. The van der Waals surface area contributed by atoms with Gasteiger partial charge in [0.15, 0.2) is 0 Å². The van der Waals surface area contributed by atoms with Crippen LogP contribution >= 0.6 is 0 Å². The van der Waals surface area contributed by atoms with E-state index in [1.807, 2.05) is 0 Å². The normalized spacial score (nSPS) is 23.3. The van der Waals surface area contributed by atoms with Crippen LogP contribution in [0.5, 0.6) is 0 Å². The van der Waals surface area contributed by atoms with Crippen molar-refractivity contribution in [1.29, 1.82) is 0 Å². The third kappa shape index (κ3) is 3.15. The highest BCUT2D eigenvalue weighted by Gasteiger charge is 2.28. The molecule has 0 heterocycles. The van der Waals surface area contributed by atoms with E-state index >= 15 is 0 Å². The summed E-state index contributed by atoms with van der Waals surface area (Å²) in [7, 11) is 0. The molecule has 1 aliphatic carbocycles. The Kier molecular flexibility index (Phi) is 4.10. The Balaban J connectivity index is 1.99. The van der Waals surface area contributed by atoms with E-state index in [2.05, 4.69) is 6.92 Å². The van der Waals surface area contributed by atoms with Crippen LogP contribution in [0, 0.1) is 23.5 Å². The minimum atomic E-state index is -0.615. The SMILES string of the molecule is CCC1CCC(C(=O)Cc2cc(F)cc(F)c2)C1. The van der Waals surface area contributed by atoms with Crippen LogP contribution in [0.4, 0.5) is 8.78 Å². The van der Waals surface area contributed by atoms with Crippen LogP contribution in [0.1, 0.15) is 38.2 Å². The molecule has 0 spiro atoms. The van der Waals surface area contributed by atoms with Crippen LogP contribution in [-0.4, -0.2) is 5.78 Å². The maximum Gasteiger partial charge on any atom is 0.140 e. The predicted octanol–water partition coefficient (Wildman–Crippen LogP) is 3.90. The molecule has 1 aromatic rings. The van der Waals surface area contributed by atoms with Gasteiger partial charge in [0.2, 0.25) is 0 Å². The van der Waals surface area contributed by atoms with Gasteiger partial charge in [-0.15, -0.1) is 0 Å². The minimum absolute atomic E-state index is 0.0845. The quantitative estimate of drug-likeness (QED) is 0.794. The lowest BCUT2D eigenvalue weighted by Crippen LogP contribution is -2.14. The molecule has 1 nitrogen and oxygen atoms in total. The number of hydrogen-bond donors (Lipinski definition) is 0. The summed E-state index contributed by atoms with van der Waals surface area (Å²) in [4.78, 5) is 12.1. The standard InChI is InChI=1S/C15H18F2O/c1-2-10-3-4-12(5-10)15(18)8-11-6-13(16)9-14(17)7-11/h6-7,9-10,12H,2-5,8H2,1H3. The second-order valence-electron chi connectivity index (χ2n) is 5.21. The van der Waals surface area contributed by atoms with Crippen LogP contribution in [0.2, 0.25) is 0 Å². The van der Waals surface area contributed by atoms with Gasteiger partial charge in [-0.05, 0) is 42.9 Å². The minimum Gasteiger partial charge on any atom is -0.299 e. The van der Waals surface area contributed by atoms with Crippen LogP contribution in [0.3, 0.4) is 0 Å². The first kappa shape index (κ1) is 13.2. The molecule has 3 heteroatoms. The highest BCUT2D eigenvalue weighted by Crippen LogP contribution is 2.34. The summed E-state index contributed by atoms with van der Waals surface area (Å²) in [6, 6.07) is 3.32. The maximum atomic E-state index is 13.0. The first-order valence-electron chi connectivity index (χ1n) is 6.56. The number of ketones is 1. The lowest BCUT2D eigenvalue weighted by atomic mass is 9.95. The summed E-state index contributed by atoms with van der Waals surface area (Å²) >= 11 is 0. The summed E-state index contributed by atoms with van der Waals surface area (Å²) in [5.41, 5.74) is 0.442. The third-order valence-corrected chi connectivity index (χ3v) is 3.87. The van der Waals surface area contributed by atoms with Gasteiger partial charge in [-0.3, -0.25) is 4.79 Å². The average molecular weight is 252 g/mol. The molecule has 1 aliphatic rings. The largest absolute Gasteiger partial charge is 0.299 e. The fraction of sp³-hybridized carbons (Fsp3) is 0.533. The average Bonchev–Trinajstić information content (AvgIpc) is 2.75. The molecule has 2 atom stereocenters. The molecule has 0 radical (unpaired) electrons. The van der Waals surface area contributed by atoms with Crippen molar-refractivity contribution >= 4 is 5.78 Å². The molecule has 98 valence electrons. The van der Waals surface area contributed by atoms with E-state index in [9.17, 15) is 13.6 Å². The molecule has 2 unspecified atom stereocenters. The smallest absolute Gasteiger partial charge is 0.140 e. The number of rotatable bonds is 4. The lowest BCUT2D eigenvalue weighted by Gasteiger charge is -2.09. The van der Waals surface area contributed by atoms with E-state index in [0.29, 0.717) is 11.5 Å². The molecule has 0 aliphatic heterocycles. The molecule has 0 aromatic heterocycles. The highest BCUT2D eigenvalue weighted by atomic mass is 19.1. The van der Waals surface area contributed by atoms with Crippen molar-refractivity contribution in [3.63, 3.8) is 0 Å². The topological polar surface area (TPSA) is 17.1 Å². The summed E-state index contributed by atoms with van der Waals surface area (Å²) in [5.74, 6) is -0.383. The van der Waals surface area contributed by atoms with Crippen LogP contribution in [0.25, 0.3) is 0 Å². The third-order valence-electron chi connectivity index (χ3n) is 3.87. The number of halogens is 2. The second kappa shape index (κ2) is 5.59. The van der Waals surface area contributed by atoms with E-state index < -0.39 is 11.6 Å². The molecule has 18 heavy (non-hydrogen) atoms. The van der Waals surface area contributed by atoms with Crippen molar-refractivity contribution in [2.24, 2.45) is 11.8 Å². The van der Waals surface area contributed by atoms with Gasteiger partial charge in [0.1, 0.15) is 17.4 Å². The van der Waals surface area contributed by atoms with Crippen molar-refractivity contribution in [2.45, 2.75) is 39.0 Å². The number of benzene rings is 1. The Hall–Kier alpha value is -1.25. The van der Waals surface area contributed by atoms with Gasteiger partial charge in [-0.2, -0.15) is 0 Å². The molecular weight excluding hydrogens is 234 g/mol. The summed E-state index contributed by atoms with van der Waals surface area (Å²) in [6.45, 7) is 2.14. The Labute approximate surface area is 106 Å². The Bertz CT molecular complexity index is 422. The molecule has 2 rings (SSSR count). The summed E-state index contributed by atoms with van der Waals surface area (Å²) in [6.07, 6.45) is 4.22. The summed E-state index contributed by atoms with van der Waals surface area (Å²) < 4.78 is 26.0. The van der Waals surface area contributed by atoms with Crippen LogP contribution in [0.15, 0.2) is 18.2 Å². The van der Waals surface area contributed by atoms with Gasteiger partial charge >= 0.3 is 0 Å². The van der Waals surface area contributed by atoms with Crippen molar-refractivity contribution in [3.05, 3.63) is 35.4 Å². The Morgan fingerprint density at radius 1 is 1.22 bits per heavy atom. The van der Waals surface area contributed by atoms with Gasteiger partial charge in [-0.25, -0.2) is 8.78 Å². The molecule has 0 saturated heterocycles. The highest BCUT2D eigenvalue weighted by molar-refractivity contribution is 5.83. The fourth-order valence-corrected chi connectivity index (χ4v) is 2.80. The Morgan fingerprint density at radius 2 is 1.89 bits per heavy atom. The number of carbonyl (C=O) groups excluding carboxylic acids is 1. The first-order valence-corrected chi connectivity index (χ1v) is 6.56. The Morgan fingerprint density at radius 3 is 2.44 bits per heavy atom. The van der Waals surface area contributed by atoms with Gasteiger partial charge in [-0.1, -0.05) is 13.3 Å². The zero-order chi connectivity index (χ0) is 13.1. The van der Waals surface area contributed by atoms with E-state index in [4.69, 9.17) is 0 Å². The maximum absolute atomic E-state index is 13.0. The first-order chi connectivity index (χ1) is 8.58. The zero-order valence-corrected chi connectivity index (χ0v) is 10.6. The number of Topliss-reactive ketones (excluding diaryl/α,β-unsaturated/α-hetero) is 1. The second-order valence-corrected chi connectivity index (χ2v) is 5.21. The van der Waals surface area contributed by atoms with Crippen molar-refractivity contribution in [1.82, 2.24) is 0 Å². The fourth-order valence-electron chi connectivity index (χ4n) is 2.80. The molecule has 1 fully saturated rings. The molecule has 1 saturated carbocycles. The van der Waals surface area contributed by atoms with Crippen molar-refractivity contribution < 1.29 is 13.6 Å². The van der Waals surface area contributed by atoms with E-state index in [0.717, 1.165) is 31.7 Å². The molecule has 1 aromatic carbocycles. The number of hydrogen-bond acceptors (Lipinski definition) is 1. The van der Waals surface area contributed by atoms with Crippen molar-refractivity contribution in [2.75, 3.05) is 0 Å². The van der Waals surface area contributed by atoms with Gasteiger partial charge < -0.3 is 0 Å². The molecule has 0 N–H and O–H groups in total. The predicted molar refractivity (Wildman–Crippen MR) is 66.2 cm³/mol. The van der Waals surface area contributed by atoms with E-state index in [1.54, 1.807) is 0 Å². The van der Waals surface area contributed by atoms with Crippen LogP contribution in [-0.2, 0) is 11.2 Å². The van der Waals surface area contributed by atoms with Gasteiger partial charge in [0, 0.05) is 18.4 Å². The van der Waals surface area contributed by atoms with Crippen LogP contribution < -0.4 is 0 Å². The van der Waals surface area contributed by atoms with Gasteiger partial charge in [0.25, 0.3) is 0 Å². The van der Waals surface area contributed by atoms with Crippen molar-refractivity contribution in [3.8, 4) is 0 Å². The monoisotopic (exact) mass is 252 g/mol. The number of carbonyl (C=O) groups is 1. The summed E-state index contributed by atoms with van der Waals surface area (Å²) in [5, 5.41) is 0. The van der Waals surface area contributed by atoms with E-state index in [1.165, 1.54) is 12.1 Å². The molecular formula is C15H18F2O. The molecule has 0 amide bonds.